The van der Waals surface area contributed by atoms with E-state index in [9.17, 15) is 9.90 Å². The summed E-state index contributed by atoms with van der Waals surface area (Å²) in [5, 5.41) is 13.3. The van der Waals surface area contributed by atoms with Crippen molar-refractivity contribution >= 4 is 6.03 Å². The molecule has 5 heteroatoms. The lowest BCUT2D eigenvalue weighted by Gasteiger charge is -2.31. The highest BCUT2D eigenvalue weighted by Crippen LogP contribution is 2.49. The molecule has 2 fully saturated rings. The number of hydrogen-bond donors (Lipinski definition) is 2. The number of para-hydroxylation sites is 1. The van der Waals surface area contributed by atoms with E-state index in [-0.39, 0.29) is 18.0 Å². The van der Waals surface area contributed by atoms with Crippen molar-refractivity contribution in [3.63, 3.8) is 0 Å². The van der Waals surface area contributed by atoms with Gasteiger partial charge in [0.15, 0.2) is 0 Å². The number of nitrogens with one attached hydrogen (secondary N) is 1. The van der Waals surface area contributed by atoms with Gasteiger partial charge in [0.1, 0.15) is 12.4 Å². The second kappa shape index (κ2) is 7.47. The van der Waals surface area contributed by atoms with Gasteiger partial charge in [-0.3, -0.25) is 0 Å². The number of ether oxygens (including phenoxy) is 1. The van der Waals surface area contributed by atoms with E-state index in [1.807, 2.05) is 67.3 Å². The summed E-state index contributed by atoms with van der Waals surface area (Å²) in [6, 6.07) is 15.7. The summed E-state index contributed by atoms with van der Waals surface area (Å²) in [6.45, 7) is 5.65. The molecule has 2 aromatic carbocycles. The molecule has 2 aromatic rings. The van der Waals surface area contributed by atoms with E-state index in [4.69, 9.17) is 4.74 Å². The van der Waals surface area contributed by atoms with E-state index in [0.29, 0.717) is 26.1 Å². The highest BCUT2D eigenvalue weighted by atomic mass is 16.5. The zero-order valence-corrected chi connectivity index (χ0v) is 16.5. The molecule has 2 amide bonds. The predicted octanol–water partition coefficient (Wildman–Crippen LogP) is 3.59. The van der Waals surface area contributed by atoms with Crippen molar-refractivity contribution in [1.82, 2.24) is 10.2 Å². The van der Waals surface area contributed by atoms with Crippen molar-refractivity contribution < 1.29 is 14.6 Å². The molecular weight excluding hydrogens is 352 g/mol. The van der Waals surface area contributed by atoms with Crippen molar-refractivity contribution in [2.24, 2.45) is 5.92 Å². The minimum absolute atomic E-state index is 0.0899. The molecular formula is C23H28N2O3. The Hall–Kier alpha value is -2.53. The molecule has 1 heterocycles. The van der Waals surface area contributed by atoms with Crippen LogP contribution in [-0.2, 0) is 0 Å². The zero-order valence-electron chi connectivity index (χ0n) is 16.5. The van der Waals surface area contributed by atoms with Crippen LogP contribution in [0, 0.1) is 19.8 Å². The number of amides is 2. The summed E-state index contributed by atoms with van der Waals surface area (Å²) in [5.41, 5.74) is 2.67. The van der Waals surface area contributed by atoms with Crippen molar-refractivity contribution in [3.8, 4) is 5.75 Å². The van der Waals surface area contributed by atoms with Gasteiger partial charge in [-0.25, -0.2) is 4.79 Å². The van der Waals surface area contributed by atoms with Crippen LogP contribution in [0.15, 0.2) is 48.5 Å². The molecule has 2 N–H and O–H groups in total. The molecule has 1 saturated carbocycles. The van der Waals surface area contributed by atoms with E-state index in [1.165, 1.54) is 0 Å². The second-order valence-corrected chi connectivity index (χ2v) is 8.15. The summed E-state index contributed by atoms with van der Waals surface area (Å²) in [6.07, 6.45) is 1.48. The average molecular weight is 380 g/mol. The van der Waals surface area contributed by atoms with Crippen LogP contribution in [0.3, 0.4) is 0 Å². The Morgan fingerprint density at radius 2 is 1.93 bits per heavy atom. The molecule has 0 spiro atoms. The number of hydrogen-bond acceptors (Lipinski definition) is 3. The van der Waals surface area contributed by atoms with Gasteiger partial charge >= 0.3 is 6.03 Å². The Morgan fingerprint density at radius 1 is 1.21 bits per heavy atom. The minimum atomic E-state index is -0.513. The largest absolute Gasteiger partial charge is 0.491 e. The summed E-state index contributed by atoms with van der Waals surface area (Å²) in [5.74, 6) is 1.10. The summed E-state index contributed by atoms with van der Waals surface area (Å²) in [4.78, 5) is 14.7. The molecule has 28 heavy (non-hydrogen) atoms. The number of carbonyl (C=O) groups excluding carboxylic acids is 1. The fraction of sp³-hybridized carbons (Fsp3) is 0.435. The molecule has 1 aliphatic carbocycles. The van der Waals surface area contributed by atoms with Gasteiger partial charge in [-0.1, -0.05) is 48.5 Å². The third-order valence-corrected chi connectivity index (χ3v) is 6.05. The van der Waals surface area contributed by atoms with E-state index >= 15 is 0 Å². The quantitative estimate of drug-likeness (QED) is 0.833. The first-order valence-electron chi connectivity index (χ1n) is 9.98. The second-order valence-electron chi connectivity index (χ2n) is 8.15. The molecule has 0 aromatic heterocycles. The van der Waals surface area contributed by atoms with E-state index in [1.54, 1.807) is 0 Å². The number of carbonyl (C=O) groups is 1. The molecule has 0 radical (unpaired) electrons. The zero-order chi connectivity index (χ0) is 19.7. The van der Waals surface area contributed by atoms with Gasteiger partial charge in [0, 0.05) is 19.0 Å². The lowest BCUT2D eigenvalue weighted by molar-refractivity contribution is 0.0737. The number of rotatable bonds is 5. The summed E-state index contributed by atoms with van der Waals surface area (Å²) < 4.78 is 6.14. The number of piperidine rings is 1. The smallest absolute Gasteiger partial charge is 0.318 e. The van der Waals surface area contributed by atoms with E-state index < -0.39 is 5.60 Å². The molecule has 1 unspecified atom stereocenters. The highest BCUT2D eigenvalue weighted by Gasteiger charge is 2.56. The van der Waals surface area contributed by atoms with Crippen molar-refractivity contribution in [3.05, 3.63) is 65.2 Å². The van der Waals surface area contributed by atoms with Crippen LogP contribution in [-0.4, -0.2) is 41.3 Å². The topological polar surface area (TPSA) is 61.8 Å². The lowest BCUT2D eigenvalue weighted by atomic mass is 10.1. The van der Waals surface area contributed by atoms with Crippen molar-refractivity contribution in [1.29, 1.82) is 0 Å². The lowest BCUT2D eigenvalue weighted by Crippen LogP contribution is -2.48. The number of nitrogens with zero attached hydrogens (tertiary/aromatic N) is 1. The average Bonchev–Trinajstić information content (AvgIpc) is 3.37. The predicted molar refractivity (Wildman–Crippen MR) is 108 cm³/mol. The Kier molecular flexibility index (Phi) is 5.02. The summed E-state index contributed by atoms with van der Waals surface area (Å²) in [7, 11) is 0. The van der Waals surface area contributed by atoms with Gasteiger partial charge in [0.2, 0.25) is 0 Å². The molecule has 5 nitrogen and oxygen atoms in total. The fourth-order valence-electron chi connectivity index (χ4n) is 4.12. The monoisotopic (exact) mass is 380 g/mol. The molecule has 1 saturated heterocycles. The number of fused-ring (bicyclic) bond motifs is 1. The maximum atomic E-state index is 12.9. The fourth-order valence-corrected chi connectivity index (χ4v) is 4.12. The molecule has 4 rings (SSSR count). The number of benzene rings is 2. The van der Waals surface area contributed by atoms with Gasteiger partial charge < -0.3 is 20.1 Å². The molecule has 148 valence electrons. The SMILES string of the molecule is Cc1cccc(C)c1OCC(NC(=O)N1CC[C@@]2(O)C[C@H]2C1)c1ccccc1. The molecule has 2 aliphatic rings. The number of aryl methyl sites for hydroxylation is 2. The van der Waals surface area contributed by atoms with E-state index in [0.717, 1.165) is 28.9 Å². The molecule has 3 atom stereocenters. The normalized spacial score (nSPS) is 24.2. The number of urea groups is 1. The Balaban J connectivity index is 1.46. The summed E-state index contributed by atoms with van der Waals surface area (Å²) >= 11 is 0. The van der Waals surface area contributed by atoms with Gasteiger partial charge in [0.05, 0.1) is 11.6 Å². The van der Waals surface area contributed by atoms with Gasteiger partial charge in [-0.2, -0.15) is 0 Å². The van der Waals surface area contributed by atoms with Crippen LogP contribution in [0.4, 0.5) is 4.79 Å². The first-order valence-corrected chi connectivity index (χ1v) is 9.98. The standard InChI is InChI=1S/C23H28N2O3/c1-16-7-6-8-17(2)21(16)28-15-20(18-9-4-3-5-10-18)24-22(26)25-12-11-23(27)13-19(23)14-25/h3-10,19-20,27H,11-15H2,1-2H3,(H,24,26)/t19-,20?,23+/m0/s1. The Labute approximate surface area is 166 Å². The van der Waals surface area contributed by atoms with Crippen molar-refractivity contribution in [2.45, 2.75) is 38.3 Å². The van der Waals surface area contributed by atoms with Gasteiger partial charge in [0.25, 0.3) is 0 Å². The third kappa shape index (κ3) is 3.85. The van der Waals surface area contributed by atoms with E-state index in [2.05, 4.69) is 5.32 Å². The Bertz CT molecular complexity index is 834. The number of aliphatic hydroxyl groups is 1. The number of likely N-dealkylation sites (tertiary alicyclic amines) is 1. The maximum absolute atomic E-state index is 12.9. The van der Waals surface area contributed by atoms with Crippen LogP contribution in [0.1, 0.15) is 35.6 Å². The minimum Gasteiger partial charge on any atom is -0.491 e. The van der Waals surface area contributed by atoms with Crippen LogP contribution in [0.5, 0.6) is 5.75 Å². The van der Waals surface area contributed by atoms with Crippen molar-refractivity contribution in [2.75, 3.05) is 19.7 Å². The van der Waals surface area contributed by atoms with Gasteiger partial charge in [-0.15, -0.1) is 0 Å². The van der Waals surface area contributed by atoms with Crippen LogP contribution < -0.4 is 10.1 Å². The maximum Gasteiger partial charge on any atom is 0.318 e. The van der Waals surface area contributed by atoms with Crippen LogP contribution >= 0.6 is 0 Å². The van der Waals surface area contributed by atoms with Crippen LogP contribution in [0.25, 0.3) is 0 Å². The van der Waals surface area contributed by atoms with Gasteiger partial charge in [-0.05, 0) is 43.4 Å². The van der Waals surface area contributed by atoms with Crippen LogP contribution in [0.2, 0.25) is 0 Å². The molecule has 0 bridgehead atoms. The highest BCUT2D eigenvalue weighted by molar-refractivity contribution is 5.75. The first-order chi connectivity index (χ1) is 13.5. The third-order valence-electron chi connectivity index (χ3n) is 6.05. The molecule has 1 aliphatic heterocycles. The Morgan fingerprint density at radius 3 is 2.61 bits per heavy atom. The first kappa shape index (κ1) is 18.8.